The Kier molecular flexibility index (Phi) is 4.88. The Hall–Kier alpha value is -2.28. The molecule has 2 aliphatic carbocycles. The van der Waals surface area contributed by atoms with Crippen LogP contribution in [0.15, 0.2) is 30.5 Å². The lowest BCUT2D eigenvalue weighted by Crippen LogP contribution is -2.38. The van der Waals surface area contributed by atoms with Crippen molar-refractivity contribution >= 4 is 40.1 Å². The lowest BCUT2D eigenvalue weighted by atomic mass is 10.0. The van der Waals surface area contributed by atoms with Gasteiger partial charge in [-0.2, -0.15) is 0 Å². The van der Waals surface area contributed by atoms with Crippen molar-refractivity contribution in [1.29, 1.82) is 0 Å². The van der Waals surface area contributed by atoms with Crippen LogP contribution in [0.2, 0.25) is 10.0 Å². The van der Waals surface area contributed by atoms with Gasteiger partial charge in [0.15, 0.2) is 0 Å². The predicted molar refractivity (Wildman–Crippen MR) is 120 cm³/mol. The summed E-state index contributed by atoms with van der Waals surface area (Å²) in [6.07, 6.45) is 4.15. The third-order valence-electron chi connectivity index (χ3n) is 6.21. The number of nitrogens with zero attached hydrogens (tertiary/aromatic N) is 2. The van der Waals surface area contributed by atoms with Gasteiger partial charge in [-0.15, -0.1) is 0 Å². The van der Waals surface area contributed by atoms with Gasteiger partial charge in [0.2, 0.25) is 5.95 Å². The van der Waals surface area contributed by atoms with E-state index in [-0.39, 0.29) is 12.1 Å². The predicted octanol–water partition coefficient (Wildman–Crippen LogP) is 4.77. The summed E-state index contributed by atoms with van der Waals surface area (Å²) in [4.78, 5) is 9.19. The number of hydrogen-bond acceptors (Lipinski definition) is 6. The van der Waals surface area contributed by atoms with Crippen molar-refractivity contribution in [3.8, 4) is 22.6 Å². The maximum atomic E-state index is 6.56. The number of fused-ring (bicyclic) bond motifs is 2. The van der Waals surface area contributed by atoms with E-state index >= 15 is 0 Å². The van der Waals surface area contributed by atoms with E-state index in [1.807, 2.05) is 18.2 Å². The van der Waals surface area contributed by atoms with Crippen molar-refractivity contribution in [1.82, 2.24) is 9.97 Å². The van der Waals surface area contributed by atoms with E-state index in [1.54, 1.807) is 26.5 Å². The van der Waals surface area contributed by atoms with E-state index in [4.69, 9.17) is 38.4 Å². The van der Waals surface area contributed by atoms with Crippen LogP contribution in [0.1, 0.15) is 12.8 Å². The Morgan fingerprint density at radius 2 is 1.80 bits per heavy atom. The summed E-state index contributed by atoms with van der Waals surface area (Å²) in [6, 6.07) is 7.93. The molecule has 2 aliphatic rings. The van der Waals surface area contributed by atoms with Gasteiger partial charge in [-0.3, -0.25) is 0 Å². The van der Waals surface area contributed by atoms with Gasteiger partial charge < -0.3 is 20.5 Å². The SMILES string of the molecule is COc1cc(OC)c(Cl)c(-c2ccc3nc(NC4C(N)CC5CC54)ncc3c2)c1Cl. The molecular formula is C22H22Cl2N4O2. The third-order valence-corrected chi connectivity index (χ3v) is 6.96. The number of nitrogens with two attached hydrogens (primary N) is 1. The number of halogens is 2. The van der Waals surface area contributed by atoms with E-state index in [1.165, 1.54) is 6.42 Å². The van der Waals surface area contributed by atoms with E-state index in [0.717, 1.165) is 28.8 Å². The lowest BCUT2D eigenvalue weighted by molar-refractivity contribution is 0.395. The molecule has 1 aromatic heterocycles. The highest BCUT2D eigenvalue weighted by Crippen LogP contribution is 2.52. The molecule has 8 heteroatoms. The third kappa shape index (κ3) is 3.23. The van der Waals surface area contributed by atoms with Crippen molar-refractivity contribution < 1.29 is 9.47 Å². The van der Waals surface area contributed by atoms with Crippen LogP contribution in [0, 0.1) is 11.8 Å². The molecule has 4 atom stereocenters. The van der Waals surface area contributed by atoms with Crippen molar-refractivity contribution in [2.75, 3.05) is 19.5 Å². The zero-order valence-electron chi connectivity index (χ0n) is 16.7. The minimum absolute atomic E-state index is 0.169. The number of hydrogen-bond donors (Lipinski definition) is 2. The Bertz CT molecular complexity index is 1110. The van der Waals surface area contributed by atoms with Gasteiger partial charge >= 0.3 is 0 Å². The van der Waals surface area contributed by atoms with E-state index in [2.05, 4.69) is 15.3 Å². The van der Waals surface area contributed by atoms with Gasteiger partial charge in [-0.25, -0.2) is 9.97 Å². The molecule has 0 amide bonds. The minimum atomic E-state index is 0.169. The quantitative estimate of drug-likeness (QED) is 0.589. The van der Waals surface area contributed by atoms with Gasteiger partial charge in [0, 0.05) is 35.3 Å². The summed E-state index contributed by atoms with van der Waals surface area (Å²) in [7, 11) is 3.11. The van der Waals surface area contributed by atoms with Crippen molar-refractivity contribution in [2.45, 2.75) is 24.9 Å². The number of anilines is 1. The maximum absolute atomic E-state index is 6.56. The highest BCUT2D eigenvalue weighted by Gasteiger charge is 2.52. The molecule has 1 heterocycles. The van der Waals surface area contributed by atoms with Crippen molar-refractivity contribution in [2.24, 2.45) is 17.6 Å². The standard InChI is InChI=1S/C22H22Cl2N4O2/c1-29-16-8-17(30-2)20(24)18(19(16)23)10-3-4-15-12(5-10)9-26-22(27-15)28-21-13-6-11(13)7-14(21)25/h3-5,8-9,11,13-14,21H,6-7,25H2,1-2H3,(H,26,27,28). The summed E-state index contributed by atoms with van der Waals surface area (Å²) in [5, 5.41) is 5.18. The maximum Gasteiger partial charge on any atom is 0.223 e. The molecular weight excluding hydrogens is 423 g/mol. The van der Waals surface area contributed by atoms with Crippen LogP contribution < -0.4 is 20.5 Å². The van der Waals surface area contributed by atoms with Crippen LogP contribution in [-0.4, -0.2) is 36.3 Å². The summed E-state index contributed by atoms with van der Waals surface area (Å²) < 4.78 is 10.8. The molecule has 30 heavy (non-hydrogen) atoms. The number of aromatic nitrogens is 2. The number of ether oxygens (including phenoxy) is 2. The zero-order chi connectivity index (χ0) is 21.0. The molecule has 0 saturated heterocycles. The lowest BCUT2D eigenvalue weighted by Gasteiger charge is -2.20. The van der Waals surface area contributed by atoms with Crippen LogP contribution in [0.3, 0.4) is 0 Å². The average molecular weight is 445 g/mol. The second kappa shape index (κ2) is 7.45. The first-order valence-corrected chi connectivity index (χ1v) is 10.6. The Morgan fingerprint density at radius 1 is 1.07 bits per heavy atom. The molecule has 6 nitrogen and oxygen atoms in total. The van der Waals surface area contributed by atoms with Gasteiger partial charge in [-0.05, 0) is 42.4 Å². The first-order chi connectivity index (χ1) is 14.5. The fourth-order valence-electron chi connectivity index (χ4n) is 4.56. The van der Waals surface area contributed by atoms with Crippen molar-refractivity contribution in [3.63, 3.8) is 0 Å². The minimum Gasteiger partial charge on any atom is -0.495 e. The van der Waals surface area contributed by atoms with Crippen molar-refractivity contribution in [3.05, 3.63) is 40.5 Å². The van der Waals surface area contributed by atoms with E-state index in [0.29, 0.717) is 39.0 Å². The summed E-state index contributed by atoms with van der Waals surface area (Å²) in [6.45, 7) is 0. The highest BCUT2D eigenvalue weighted by atomic mass is 35.5. The van der Waals surface area contributed by atoms with Gasteiger partial charge in [0.05, 0.1) is 29.8 Å². The van der Waals surface area contributed by atoms with E-state index in [9.17, 15) is 0 Å². The molecule has 156 valence electrons. The molecule has 0 radical (unpaired) electrons. The number of nitrogens with one attached hydrogen (secondary N) is 1. The van der Waals surface area contributed by atoms with Crippen LogP contribution in [0.25, 0.3) is 22.0 Å². The molecule has 2 saturated carbocycles. The van der Waals surface area contributed by atoms with Crippen LogP contribution in [0.5, 0.6) is 11.5 Å². The normalized spacial score (nSPS) is 24.6. The molecule has 3 N–H and O–H groups in total. The fourth-order valence-corrected chi connectivity index (χ4v) is 5.28. The van der Waals surface area contributed by atoms with Gasteiger partial charge in [0.1, 0.15) is 11.5 Å². The first-order valence-electron chi connectivity index (χ1n) is 9.89. The van der Waals surface area contributed by atoms with Gasteiger partial charge in [-0.1, -0.05) is 29.3 Å². The average Bonchev–Trinajstić information content (AvgIpc) is 3.44. The molecule has 3 aromatic rings. The molecule has 2 aromatic carbocycles. The van der Waals surface area contributed by atoms with E-state index < -0.39 is 0 Å². The van der Waals surface area contributed by atoms with Crippen LogP contribution >= 0.6 is 23.2 Å². The van der Waals surface area contributed by atoms with Gasteiger partial charge in [0.25, 0.3) is 0 Å². The topological polar surface area (TPSA) is 82.3 Å². The Labute approximate surface area is 184 Å². The number of benzene rings is 2. The van der Waals surface area contributed by atoms with Crippen LogP contribution in [-0.2, 0) is 0 Å². The van der Waals surface area contributed by atoms with Crippen LogP contribution in [0.4, 0.5) is 5.95 Å². The molecule has 0 bridgehead atoms. The smallest absolute Gasteiger partial charge is 0.223 e. The monoisotopic (exact) mass is 444 g/mol. The number of methoxy groups -OCH3 is 2. The Morgan fingerprint density at radius 3 is 2.43 bits per heavy atom. The molecule has 5 rings (SSSR count). The highest BCUT2D eigenvalue weighted by molar-refractivity contribution is 6.41. The largest absolute Gasteiger partial charge is 0.495 e. The summed E-state index contributed by atoms with van der Waals surface area (Å²) in [5.41, 5.74) is 8.57. The first kappa shape index (κ1) is 19.7. The fraction of sp³-hybridized carbons (Fsp3) is 0.364. The summed E-state index contributed by atoms with van der Waals surface area (Å²) in [5.74, 6) is 3.04. The molecule has 0 aliphatic heterocycles. The number of rotatable bonds is 5. The second-order valence-corrected chi connectivity index (χ2v) is 8.74. The Balaban J connectivity index is 1.50. The summed E-state index contributed by atoms with van der Waals surface area (Å²) >= 11 is 13.1. The molecule has 2 fully saturated rings. The molecule has 0 spiro atoms. The second-order valence-electron chi connectivity index (χ2n) is 7.98. The zero-order valence-corrected chi connectivity index (χ0v) is 18.2. The molecule has 4 unspecified atom stereocenters.